The van der Waals surface area contributed by atoms with E-state index >= 15 is 0 Å². The molecule has 2 aromatic heterocycles. The van der Waals surface area contributed by atoms with Gasteiger partial charge >= 0.3 is 5.69 Å². The Kier molecular flexibility index (Phi) is 3.01. The minimum atomic E-state index is 0.0254. The molecule has 0 amide bonds. The van der Waals surface area contributed by atoms with Crippen LogP contribution in [0.2, 0.25) is 0 Å². The van der Waals surface area contributed by atoms with Crippen LogP contribution in [-0.2, 0) is 20.6 Å². The maximum atomic E-state index is 12.2. The highest BCUT2D eigenvalue weighted by molar-refractivity contribution is 5.77. The Hall–Kier alpha value is -2.56. The van der Waals surface area contributed by atoms with Crippen molar-refractivity contribution in [2.75, 3.05) is 0 Å². The molecule has 2 atom stereocenters. The molecule has 0 saturated heterocycles. The van der Waals surface area contributed by atoms with E-state index < -0.39 is 0 Å². The Bertz CT molecular complexity index is 1170. The molecule has 5 nitrogen and oxygen atoms in total. The van der Waals surface area contributed by atoms with Crippen molar-refractivity contribution in [3.8, 4) is 0 Å². The van der Waals surface area contributed by atoms with Crippen molar-refractivity contribution in [3.63, 3.8) is 0 Å². The number of hydrogen-bond acceptors (Lipinski definition) is 2. The smallest absolute Gasteiger partial charge is 0.328 e. The summed E-state index contributed by atoms with van der Waals surface area (Å²) in [7, 11) is 3.68. The number of hydrogen-bond donors (Lipinski definition) is 0. The third-order valence-corrected chi connectivity index (χ3v) is 6.71. The molecule has 0 bridgehead atoms. The summed E-state index contributed by atoms with van der Waals surface area (Å²) in [6.45, 7) is 0.817. The van der Waals surface area contributed by atoms with Crippen LogP contribution < -0.4 is 5.69 Å². The highest BCUT2D eigenvalue weighted by Gasteiger charge is 2.42. The molecule has 6 rings (SSSR count). The van der Waals surface area contributed by atoms with E-state index in [2.05, 4.69) is 28.8 Å². The number of aromatic nitrogens is 4. The van der Waals surface area contributed by atoms with Crippen molar-refractivity contribution < 1.29 is 0 Å². The van der Waals surface area contributed by atoms with Crippen molar-refractivity contribution >= 4 is 16.6 Å². The fourth-order valence-electron chi connectivity index (χ4n) is 4.89. The number of nitrogens with zero attached hydrogens (tertiary/aromatic N) is 4. The van der Waals surface area contributed by atoms with Gasteiger partial charge in [-0.15, -0.1) is 0 Å². The van der Waals surface area contributed by atoms with Gasteiger partial charge in [0.2, 0.25) is 0 Å². The van der Waals surface area contributed by atoms with Crippen LogP contribution >= 0.6 is 0 Å². The van der Waals surface area contributed by atoms with Gasteiger partial charge in [-0.2, -0.15) is 0 Å². The van der Waals surface area contributed by atoms with Crippen molar-refractivity contribution in [3.05, 3.63) is 58.0 Å². The lowest BCUT2D eigenvalue weighted by molar-refractivity contribution is 0.740. The highest BCUT2D eigenvalue weighted by atomic mass is 16.1. The molecule has 138 valence electrons. The van der Waals surface area contributed by atoms with Crippen LogP contribution in [0, 0.1) is 11.8 Å². The van der Waals surface area contributed by atoms with Crippen LogP contribution in [0.4, 0.5) is 0 Å². The van der Waals surface area contributed by atoms with Gasteiger partial charge in [-0.1, -0.05) is 12.1 Å². The molecule has 3 aliphatic rings. The van der Waals surface area contributed by atoms with Crippen molar-refractivity contribution in [2.24, 2.45) is 25.9 Å². The van der Waals surface area contributed by atoms with Crippen LogP contribution in [0.15, 0.2) is 35.4 Å². The lowest BCUT2D eigenvalue weighted by atomic mass is 10.0. The standard InChI is InChI=1S/C22H24N4O/c1-24-18-6-3-13(7-19(18)25(2)22(24)27)11-26-12-23-20(21(26)14-4-5-14)17-9-15-8-16(15)10-17/h3,6-7,9,12,14-16H,4-5,8,10-11H2,1-2H3. The number of aryl methyl sites for hydroxylation is 2. The van der Waals surface area contributed by atoms with Crippen LogP contribution in [0.25, 0.3) is 16.6 Å². The van der Waals surface area contributed by atoms with Crippen molar-refractivity contribution in [2.45, 2.75) is 38.1 Å². The third-order valence-electron chi connectivity index (χ3n) is 6.71. The van der Waals surface area contributed by atoms with Gasteiger partial charge in [-0.05, 0) is 60.8 Å². The summed E-state index contributed by atoms with van der Waals surface area (Å²) >= 11 is 0. The van der Waals surface area contributed by atoms with E-state index in [0.717, 1.165) is 29.4 Å². The second kappa shape index (κ2) is 5.24. The van der Waals surface area contributed by atoms with Gasteiger partial charge in [0.25, 0.3) is 0 Å². The Morgan fingerprint density at radius 3 is 2.70 bits per heavy atom. The van der Waals surface area contributed by atoms with Gasteiger partial charge in [0, 0.05) is 32.3 Å². The first kappa shape index (κ1) is 15.5. The Labute approximate surface area is 157 Å². The summed E-state index contributed by atoms with van der Waals surface area (Å²) in [5, 5.41) is 0. The van der Waals surface area contributed by atoms with Gasteiger partial charge in [0.15, 0.2) is 0 Å². The summed E-state index contributed by atoms with van der Waals surface area (Å²) in [6, 6.07) is 6.35. The minimum absolute atomic E-state index is 0.0254. The Morgan fingerprint density at radius 1 is 1.15 bits per heavy atom. The zero-order chi connectivity index (χ0) is 18.3. The number of imidazole rings is 2. The average Bonchev–Trinajstić information content (AvgIpc) is 3.57. The van der Waals surface area contributed by atoms with Gasteiger partial charge in [0.05, 0.1) is 23.1 Å². The van der Waals surface area contributed by atoms with E-state index in [1.165, 1.54) is 48.2 Å². The normalized spacial score (nSPS) is 23.7. The van der Waals surface area contributed by atoms with Gasteiger partial charge in [-0.3, -0.25) is 9.13 Å². The Balaban J connectivity index is 1.39. The van der Waals surface area contributed by atoms with E-state index in [0.29, 0.717) is 5.92 Å². The molecule has 0 radical (unpaired) electrons. The topological polar surface area (TPSA) is 44.8 Å². The molecule has 5 heteroatoms. The fourth-order valence-corrected chi connectivity index (χ4v) is 4.89. The van der Waals surface area contributed by atoms with Gasteiger partial charge in [0.1, 0.15) is 0 Å². The predicted octanol–water partition coefficient (Wildman–Crippen LogP) is 3.42. The molecule has 1 aromatic carbocycles. The summed E-state index contributed by atoms with van der Waals surface area (Å²) in [5.74, 6) is 2.41. The summed E-state index contributed by atoms with van der Waals surface area (Å²) in [4.78, 5) is 17.0. The number of rotatable bonds is 4. The maximum Gasteiger partial charge on any atom is 0.328 e. The summed E-state index contributed by atoms with van der Waals surface area (Å²) < 4.78 is 5.79. The molecule has 0 aliphatic heterocycles. The summed E-state index contributed by atoms with van der Waals surface area (Å²) in [5.41, 5.74) is 7.40. The maximum absolute atomic E-state index is 12.2. The van der Waals surface area contributed by atoms with Crippen molar-refractivity contribution in [1.82, 2.24) is 18.7 Å². The van der Waals surface area contributed by atoms with Crippen LogP contribution in [0.3, 0.4) is 0 Å². The first-order valence-corrected chi connectivity index (χ1v) is 10.0. The van der Waals surface area contributed by atoms with E-state index in [1.54, 1.807) is 9.13 Å². The van der Waals surface area contributed by atoms with Crippen LogP contribution in [-0.4, -0.2) is 18.7 Å². The SMILES string of the molecule is Cn1c(=O)n(C)c2cc(Cn3cnc(C4=CC5CC5C4)c3C3CC3)ccc21. The van der Waals surface area contributed by atoms with Gasteiger partial charge in [-0.25, -0.2) is 9.78 Å². The van der Waals surface area contributed by atoms with Gasteiger partial charge < -0.3 is 4.57 Å². The molecule has 27 heavy (non-hydrogen) atoms. The second-order valence-corrected chi connectivity index (χ2v) is 8.66. The lowest BCUT2D eigenvalue weighted by Gasteiger charge is -2.11. The molecule has 2 heterocycles. The summed E-state index contributed by atoms with van der Waals surface area (Å²) in [6.07, 6.45) is 9.69. The number of benzene rings is 1. The monoisotopic (exact) mass is 360 g/mol. The number of fused-ring (bicyclic) bond motifs is 2. The molecule has 2 unspecified atom stereocenters. The second-order valence-electron chi connectivity index (χ2n) is 8.66. The van der Waals surface area contributed by atoms with E-state index in [9.17, 15) is 4.79 Å². The molecular formula is C22H24N4O. The van der Waals surface area contributed by atoms with Crippen molar-refractivity contribution in [1.29, 1.82) is 0 Å². The zero-order valence-corrected chi connectivity index (χ0v) is 15.9. The predicted molar refractivity (Wildman–Crippen MR) is 106 cm³/mol. The highest BCUT2D eigenvalue weighted by Crippen LogP contribution is 2.54. The fraction of sp³-hybridized carbons (Fsp3) is 0.455. The first-order valence-electron chi connectivity index (χ1n) is 10.0. The molecule has 0 spiro atoms. The molecule has 3 aliphatic carbocycles. The lowest BCUT2D eigenvalue weighted by Crippen LogP contribution is -2.19. The molecule has 2 saturated carbocycles. The van der Waals surface area contributed by atoms with Crippen LogP contribution in [0.1, 0.15) is 48.6 Å². The molecule has 0 N–H and O–H groups in total. The minimum Gasteiger partial charge on any atom is -0.329 e. The van der Waals surface area contributed by atoms with E-state index in [-0.39, 0.29) is 5.69 Å². The first-order chi connectivity index (χ1) is 13.1. The Morgan fingerprint density at radius 2 is 1.96 bits per heavy atom. The van der Waals surface area contributed by atoms with Crippen LogP contribution in [0.5, 0.6) is 0 Å². The average molecular weight is 360 g/mol. The zero-order valence-electron chi connectivity index (χ0n) is 15.9. The van der Waals surface area contributed by atoms with E-state index in [4.69, 9.17) is 4.98 Å². The quantitative estimate of drug-likeness (QED) is 0.716. The third kappa shape index (κ3) is 2.30. The molecule has 3 aromatic rings. The molecular weight excluding hydrogens is 336 g/mol. The largest absolute Gasteiger partial charge is 0.329 e. The van der Waals surface area contributed by atoms with E-state index in [1.807, 2.05) is 20.4 Å². The molecule has 2 fully saturated rings. The number of allylic oxidation sites excluding steroid dienone is 2.